The van der Waals surface area contributed by atoms with E-state index >= 15 is 0 Å². The quantitative estimate of drug-likeness (QED) is 0.218. The van der Waals surface area contributed by atoms with Crippen molar-refractivity contribution in [3.8, 4) is 36.0 Å². The highest BCUT2D eigenvalue weighted by molar-refractivity contribution is 5.79. The SMILES string of the molecule is [C-]#[N+]/C(=C1/N=c2cc(C#N)c([N+]#[C-])cc2=N1)c1nc(C(C#N)=C2N=c3cc(C#N)c(C#N)cc3=N2)nc(-c2nc3ccccc3o2)n1. The molecule has 2 aliphatic heterocycles. The van der Waals surface area contributed by atoms with Gasteiger partial charge in [0, 0.05) is 0 Å². The van der Waals surface area contributed by atoms with Crippen molar-refractivity contribution < 1.29 is 4.42 Å². The normalized spacial score (nSPS) is 13.0. The molecule has 0 N–H and O–H groups in total. The summed E-state index contributed by atoms with van der Waals surface area (Å²) in [4.78, 5) is 42.2. The molecule has 7 rings (SSSR count). The molecule has 4 heterocycles. The van der Waals surface area contributed by atoms with Crippen LogP contribution in [0.25, 0.3) is 43.8 Å². The first-order valence-corrected chi connectivity index (χ1v) is 13.2. The number of hydrogen-bond donors (Lipinski definition) is 0. The van der Waals surface area contributed by atoms with Crippen molar-refractivity contribution in [2.24, 2.45) is 20.0 Å². The molecule has 0 radical (unpaired) electrons. The molecular weight excluding hydrogens is 596 g/mol. The summed E-state index contributed by atoms with van der Waals surface area (Å²) in [5, 5.41) is 39.6. The van der Waals surface area contributed by atoms with E-state index in [0.717, 1.165) is 0 Å². The van der Waals surface area contributed by atoms with Crippen LogP contribution in [-0.2, 0) is 0 Å². The van der Waals surface area contributed by atoms with Crippen LogP contribution in [0.2, 0.25) is 0 Å². The van der Waals surface area contributed by atoms with Gasteiger partial charge in [0.15, 0.2) is 28.9 Å². The summed E-state index contributed by atoms with van der Waals surface area (Å²) in [6, 6.07) is 20.4. The maximum absolute atomic E-state index is 10.3. The molecule has 0 atom stereocenters. The number of benzene rings is 3. The monoisotopic (exact) mass is 604 g/mol. The van der Waals surface area contributed by atoms with Crippen LogP contribution in [0.3, 0.4) is 0 Å². The summed E-state index contributed by atoms with van der Waals surface area (Å²) in [5.41, 5.74) is 0.867. The fraction of sp³-hybridized carbons (Fsp3) is 0. The Kier molecular flexibility index (Phi) is 6.33. The van der Waals surface area contributed by atoms with Gasteiger partial charge in [-0.3, -0.25) is 0 Å². The average molecular weight is 605 g/mol. The van der Waals surface area contributed by atoms with E-state index in [2.05, 4.69) is 49.6 Å². The van der Waals surface area contributed by atoms with Gasteiger partial charge in [-0.25, -0.2) is 49.6 Å². The first kappa shape index (κ1) is 27.6. The molecule has 2 aromatic heterocycles. The molecule has 0 unspecified atom stereocenters. The number of nitriles is 4. The first-order chi connectivity index (χ1) is 23.0. The summed E-state index contributed by atoms with van der Waals surface area (Å²) < 4.78 is 5.88. The van der Waals surface area contributed by atoms with Gasteiger partial charge >= 0.3 is 0 Å². The Labute approximate surface area is 262 Å². The molecular formula is C32H8N14O. The van der Waals surface area contributed by atoms with Gasteiger partial charge in [-0.1, -0.05) is 12.1 Å². The van der Waals surface area contributed by atoms with Crippen molar-refractivity contribution in [1.82, 2.24) is 19.9 Å². The molecule has 2 aliphatic rings. The van der Waals surface area contributed by atoms with Crippen LogP contribution >= 0.6 is 0 Å². The average Bonchev–Trinajstić information content (AvgIpc) is 3.83. The second-order valence-electron chi connectivity index (χ2n) is 9.53. The first-order valence-electron chi connectivity index (χ1n) is 13.2. The zero-order chi connectivity index (χ0) is 32.7. The lowest BCUT2D eigenvalue weighted by Gasteiger charge is -2.05. The van der Waals surface area contributed by atoms with Crippen molar-refractivity contribution in [2.45, 2.75) is 0 Å². The third kappa shape index (κ3) is 4.57. The van der Waals surface area contributed by atoms with E-state index in [1.807, 2.05) is 24.3 Å². The van der Waals surface area contributed by atoms with Crippen LogP contribution in [-0.4, -0.2) is 19.9 Å². The van der Waals surface area contributed by atoms with Crippen molar-refractivity contribution in [2.75, 3.05) is 0 Å². The topological polar surface area (TPSA) is 218 Å². The predicted molar refractivity (Wildman–Crippen MR) is 157 cm³/mol. The summed E-state index contributed by atoms with van der Waals surface area (Å²) >= 11 is 0. The molecule has 0 saturated heterocycles. The number of fused-ring (bicyclic) bond motifs is 3. The molecule has 15 heteroatoms. The lowest BCUT2D eigenvalue weighted by atomic mass is 10.1. The van der Waals surface area contributed by atoms with Crippen LogP contribution in [0.4, 0.5) is 5.69 Å². The largest absolute Gasteiger partial charge is 0.434 e. The van der Waals surface area contributed by atoms with E-state index in [1.165, 1.54) is 24.3 Å². The van der Waals surface area contributed by atoms with Gasteiger partial charge in [-0.15, -0.1) is 0 Å². The van der Waals surface area contributed by atoms with Crippen LogP contribution in [0.1, 0.15) is 28.3 Å². The number of allylic oxidation sites excluding steroid dienone is 1. The van der Waals surface area contributed by atoms with Crippen molar-refractivity contribution >= 4 is 28.1 Å². The van der Waals surface area contributed by atoms with Gasteiger partial charge < -0.3 is 4.42 Å². The molecule has 0 aliphatic carbocycles. The summed E-state index contributed by atoms with van der Waals surface area (Å²) in [7, 11) is 0. The maximum Gasteiger partial charge on any atom is 0.274 e. The van der Waals surface area contributed by atoms with Gasteiger partial charge in [0.2, 0.25) is 11.5 Å². The van der Waals surface area contributed by atoms with Crippen LogP contribution in [0.15, 0.2) is 84.6 Å². The van der Waals surface area contributed by atoms with E-state index < -0.39 is 0 Å². The molecule has 0 spiro atoms. The number of hydrogen-bond acceptors (Lipinski definition) is 13. The number of oxazole rings is 1. The molecule has 3 aromatic carbocycles. The van der Waals surface area contributed by atoms with Crippen LogP contribution in [0.5, 0.6) is 0 Å². The standard InChI is InChI=1S/C32H8N14O/c1-37-20-10-24-23(9-17(20)13-35)41-29(42-24)26(38-2)30-44-28(45-31(46-30)32-43-19-5-3-4-6-25(19)47-32)18(14-36)27-39-21-7-15(11-33)16(12-34)8-22(21)40-27/h3-10H/b29-26-. The number of rotatable bonds is 3. The Morgan fingerprint density at radius 2 is 1.28 bits per heavy atom. The summed E-state index contributed by atoms with van der Waals surface area (Å²) in [5.74, 6) is -0.808. The smallest absolute Gasteiger partial charge is 0.274 e. The number of nitrogens with zero attached hydrogens (tertiary/aromatic N) is 14. The maximum atomic E-state index is 10.3. The highest BCUT2D eigenvalue weighted by Crippen LogP contribution is 2.28. The third-order valence-corrected chi connectivity index (χ3v) is 6.81. The molecule has 0 amide bonds. The van der Waals surface area contributed by atoms with E-state index in [1.54, 1.807) is 24.3 Å². The molecule has 0 fully saturated rings. The molecule has 0 bridgehead atoms. The fourth-order valence-electron chi connectivity index (χ4n) is 4.65. The second-order valence-corrected chi connectivity index (χ2v) is 9.53. The lowest BCUT2D eigenvalue weighted by Crippen LogP contribution is -2.22. The van der Waals surface area contributed by atoms with Gasteiger partial charge in [0.25, 0.3) is 11.6 Å². The number of para-hydroxylation sites is 2. The summed E-state index contributed by atoms with van der Waals surface area (Å²) in [6.45, 7) is 15.3. The van der Waals surface area contributed by atoms with E-state index in [-0.39, 0.29) is 90.1 Å². The Balaban J connectivity index is 1.48. The van der Waals surface area contributed by atoms with E-state index in [0.29, 0.717) is 11.1 Å². The van der Waals surface area contributed by atoms with Gasteiger partial charge in [0.1, 0.15) is 29.3 Å². The minimum Gasteiger partial charge on any atom is -0.434 e. The molecule has 15 nitrogen and oxygen atoms in total. The Hall–Kier alpha value is -8.24. The zero-order valence-electron chi connectivity index (χ0n) is 23.3. The zero-order valence-corrected chi connectivity index (χ0v) is 23.3. The van der Waals surface area contributed by atoms with Crippen molar-refractivity contribution in [3.05, 3.63) is 133 Å². The molecule has 47 heavy (non-hydrogen) atoms. The minimum absolute atomic E-state index is 0.0300. The van der Waals surface area contributed by atoms with E-state index in [4.69, 9.17) is 17.6 Å². The fourth-order valence-corrected chi connectivity index (χ4v) is 4.65. The Morgan fingerprint density at radius 3 is 1.87 bits per heavy atom. The second kappa shape index (κ2) is 10.8. The van der Waals surface area contributed by atoms with Gasteiger partial charge in [-0.2, -0.15) is 21.0 Å². The van der Waals surface area contributed by atoms with Crippen LogP contribution < -0.4 is 21.4 Å². The highest BCUT2D eigenvalue weighted by atomic mass is 16.3. The third-order valence-electron chi connectivity index (χ3n) is 6.81. The van der Waals surface area contributed by atoms with Crippen molar-refractivity contribution in [1.29, 1.82) is 21.0 Å². The van der Waals surface area contributed by atoms with Gasteiger partial charge in [-0.05, 0) is 36.4 Å². The predicted octanol–water partition coefficient (Wildman–Crippen LogP) is 2.49. The lowest BCUT2D eigenvalue weighted by molar-refractivity contribution is 0.611. The van der Waals surface area contributed by atoms with Gasteiger partial charge in [0.05, 0.1) is 57.3 Å². The Morgan fingerprint density at radius 1 is 0.681 bits per heavy atom. The van der Waals surface area contributed by atoms with E-state index in [9.17, 15) is 21.0 Å². The summed E-state index contributed by atoms with van der Waals surface area (Å²) in [6.07, 6.45) is 0. The molecule has 0 saturated carbocycles. The molecule has 212 valence electrons. The molecule has 5 aromatic rings. The van der Waals surface area contributed by atoms with Crippen molar-refractivity contribution in [3.63, 3.8) is 0 Å². The highest BCUT2D eigenvalue weighted by Gasteiger charge is 2.24. The minimum atomic E-state index is -0.231. The van der Waals surface area contributed by atoms with Crippen LogP contribution in [0, 0.1) is 58.5 Å². The Bertz CT molecular complexity index is 2570. The number of aromatic nitrogens is 4.